The number of unbranched alkanes of at least 4 members (excludes halogenated alkanes) is 4. The molecule has 0 aromatic rings. The maximum atomic E-state index is 12.4. The lowest BCUT2D eigenvalue weighted by molar-refractivity contribution is 0.386. The number of hydrogen-bond donors (Lipinski definition) is 0. The first-order chi connectivity index (χ1) is 8.97. The van der Waals surface area contributed by atoms with Gasteiger partial charge in [0, 0.05) is 19.0 Å². The molecule has 0 aliphatic rings. The van der Waals surface area contributed by atoms with Crippen molar-refractivity contribution in [3.05, 3.63) is 0 Å². The van der Waals surface area contributed by atoms with Crippen molar-refractivity contribution in [1.82, 2.24) is 4.31 Å². The lowest BCUT2D eigenvalue weighted by Crippen LogP contribution is -2.36. The van der Waals surface area contributed by atoms with Gasteiger partial charge in [-0.05, 0) is 18.8 Å². The number of nitrogens with zero attached hydrogens (tertiary/aromatic N) is 1. The van der Waals surface area contributed by atoms with Gasteiger partial charge in [-0.25, -0.2) is 12.7 Å². The molecule has 0 aromatic heterocycles. The molecular formula is C14H30ClNO2S. The van der Waals surface area contributed by atoms with Gasteiger partial charge in [0.05, 0.1) is 5.75 Å². The van der Waals surface area contributed by atoms with E-state index in [1.807, 2.05) is 6.92 Å². The fourth-order valence-corrected chi connectivity index (χ4v) is 4.08. The van der Waals surface area contributed by atoms with Crippen LogP contribution in [0.25, 0.3) is 0 Å². The number of halogens is 1. The summed E-state index contributed by atoms with van der Waals surface area (Å²) in [7, 11) is -3.15. The predicted octanol–water partition coefficient (Wildman–Crippen LogP) is 3.87. The summed E-state index contributed by atoms with van der Waals surface area (Å²) in [6.45, 7) is 7.47. The minimum atomic E-state index is -3.15. The minimum absolute atomic E-state index is 0.0199. The molecule has 0 heterocycles. The van der Waals surface area contributed by atoms with E-state index >= 15 is 0 Å². The molecule has 3 nitrogen and oxygen atoms in total. The third-order valence-electron chi connectivity index (χ3n) is 3.17. The first kappa shape index (κ1) is 19.2. The molecule has 0 aliphatic carbocycles. The Balaban J connectivity index is 4.49. The fraction of sp³-hybridized carbons (Fsp3) is 1.00. The average Bonchev–Trinajstić information content (AvgIpc) is 2.36. The van der Waals surface area contributed by atoms with Crippen LogP contribution in [0, 0.1) is 5.92 Å². The van der Waals surface area contributed by atoms with Crippen LogP contribution in [0.4, 0.5) is 0 Å². The van der Waals surface area contributed by atoms with Crippen molar-refractivity contribution in [1.29, 1.82) is 0 Å². The molecule has 0 amide bonds. The van der Waals surface area contributed by atoms with Crippen molar-refractivity contribution < 1.29 is 8.42 Å². The Labute approximate surface area is 124 Å². The quantitative estimate of drug-likeness (QED) is 0.405. The molecular weight excluding hydrogens is 282 g/mol. The number of sulfonamides is 1. The molecule has 0 rings (SSSR count). The van der Waals surface area contributed by atoms with Crippen molar-refractivity contribution in [3.63, 3.8) is 0 Å². The Morgan fingerprint density at radius 3 is 1.84 bits per heavy atom. The number of rotatable bonds is 12. The number of hydrogen-bond acceptors (Lipinski definition) is 2. The topological polar surface area (TPSA) is 37.4 Å². The summed E-state index contributed by atoms with van der Waals surface area (Å²) in [5.41, 5.74) is 0. The van der Waals surface area contributed by atoms with Crippen LogP contribution in [0.5, 0.6) is 0 Å². The zero-order valence-corrected chi connectivity index (χ0v) is 14.3. The summed E-state index contributed by atoms with van der Waals surface area (Å²) in [6.07, 6.45) is 6.31. The lowest BCUT2D eigenvalue weighted by atomic mass is 10.2. The summed E-state index contributed by atoms with van der Waals surface area (Å²) >= 11 is 5.73. The first-order valence-electron chi connectivity index (χ1n) is 7.51. The van der Waals surface area contributed by atoms with Gasteiger partial charge < -0.3 is 0 Å². The summed E-state index contributed by atoms with van der Waals surface area (Å²) in [5.74, 6) is 0.595. The van der Waals surface area contributed by atoms with E-state index in [1.54, 1.807) is 4.31 Å². The second kappa shape index (κ2) is 10.9. The third kappa shape index (κ3) is 8.87. The molecule has 5 heteroatoms. The van der Waals surface area contributed by atoms with E-state index in [1.165, 1.54) is 0 Å². The van der Waals surface area contributed by atoms with E-state index in [4.69, 9.17) is 11.6 Å². The molecule has 0 radical (unpaired) electrons. The van der Waals surface area contributed by atoms with E-state index in [9.17, 15) is 8.42 Å². The highest BCUT2D eigenvalue weighted by molar-refractivity contribution is 7.89. The fourth-order valence-electron chi connectivity index (χ4n) is 1.98. The Hall–Kier alpha value is 0.200. The van der Waals surface area contributed by atoms with Gasteiger partial charge in [-0.2, -0.15) is 0 Å². The molecule has 19 heavy (non-hydrogen) atoms. The molecule has 0 saturated heterocycles. The van der Waals surface area contributed by atoms with Crippen molar-refractivity contribution in [2.45, 2.75) is 59.3 Å². The van der Waals surface area contributed by atoms with Gasteiger partial charge in [-0.1, -0.05) is 46.5 Å². The van der Waals surface area contributed by atoms with Crippen LogP contribution in [-0.2, 0) is 10.0 Å². The molecule has 116 valence electrons. The zero-order valence-electron chi connectivity index (χ0n) is 12.7. The van der Waals surface area contributed by atoms with Crippen molar-refractivity contribution >= 4 is 21.6 Å². The normalized spacial score (nSPS) is 13.9. The Kier molecular flexibility index (Phi) is 11.0. The van der Waals surface area contributed by atoms with Gasteiger partial charge in [0.1, 0.15) is 0 Å². The highest BCUT2D eigenvalue weighted by Crippen LogP contribution is 2.12. The van der Waals surface area contributed by atoms with Crippen LogP contribution in [0.1, 0.15) is 59.3 Å². The van der Waals surface area contributed by atoms with Gasteiger partial charge >= 0.3 is 0 Å². The van der Waals surface area contributed by atoms with Crippen LogP contribution in [0.3, 0.4) is 0 Å². The maximum absolute atomic E-state index is 12.4. The monoisotopic (exact) mass is 311 g/mol. The first-order valence-corrected chi connectivity index (χ1v) is 9.66. The predicted molar refractivity (Wildman–Crippen MR) is 84.3 cm³/mol. The van der Waals surface area contributed by atoms with E-state index in [0.717, 1.165) is 38.5 Å². The molecule has 0 spiro atoms. The van der Waals surface area contributed by atoms with Crippen LogP contribution < -0.4 is 0 Å². The standard InChI is InChI=1S/C14H30ClNO2S/c1-4-6-8-10-16(11-9-7-5-2)19(17,18)13-14(3)12-15/h14H,4-13H2,1-3H3. The van der Waals surface area contributed by atoms with Crippen LogP contribution in [-0.4, -0.2) is 37.4 Å². The van der Waals surface area contributed by atoms with Gasteiger partial charge in [-0.15, -0.1) is 11.6 Å². The maximum Gasteiger partial charge on any atom is 0.214 e. The molecule has 0 aliphatic heterocycles. The van der Waals surface area contributed by atoms with E-state index < -0.39 is 10.0 Å². The highest BCUT2D eigenvalue weighted by atomic mass is 35.5. The summed E-state index contributed by atoms with van der Waals surface area (Å²) < 4.78 is 26.4. The third-order valence-corrected chi connectivity index (χ3v) is 5.84. The Morgan fingerprint density at radius 2 is 1.47 bits per heavy atom. The molecule has 0 saturated carbocycles. The smallest absolute Gasteiger partial charge is 0.212 e. The Bertz CT molecular complexity index is 297. The van der Waals surface area contributed by atoms with Crippen molar-refractivity contribution in [3.8, 4) is 0 Å². The van der Waals surface area contributed by atoms with E-state index in [0.29, 0.717) is 19.0 Å². The molecule has 0 N–H and O–H groups in total. The van der Waals surface area contributed by atoms with Gasteiger partial charge in [0.2, 0.25) is 10.0 Å². The van der Waals surface area contributed by atoms with Crippen molar-refractivity contribution in [2.24, 2.45) is 5.92 Å². The lowest BCUT2D eigenvalue weighted by Gasteiger charge is -2.23. The van der Waals surface area contributed by atoms with Crippen LogP contribution in [0.15, 0.2) is 0 Å². The minimum Gasteiger partial charge on any atom is -0.212 e. The summed E-state index contributed by atoms with van der Waals surface area (Å²) in [4.78, 5) is 0. The second-order valence-corrected chi connectivity index (χ2v) is 7.67. The average molecular weight is 312 g/mol. The molecule has 0 bridgehead atoms. The molecule has 1 atom stereocenters. The van der Waals surface area contributed by atoms with Crippen LogP contribution in [0.2, 0.25) is 0 Å². The zero-order chi connectivity index (χ0) is 14.7. The second-order valence-electron chi connectivity index (χ2n) is 5.35. The van der Waals surface area contributed by atoms with Gasteiger partial charge in [0.15, 0.2) is 0 Å². The molecule has 0 aromatic carbocycles. The number of alkyl halides is 1. The van der Waals surface area contributed by atoms with Gasteiger partial charge in [-0.3, -0.25) is 0 Å². The van der Waals surface area contributed by atoms with E-state index in [-0.39, 0.29) is 11.7 Å². The largest absolute Gasteiger partial charge is 0.214 e. The summed E-state index contributed by atoms with van der Waals surface area (Å²) in [6, 6.07) is 0. The van der Waals surface area contributed by atoms with Crippen molar-refractivity contribution in [2.75, 3.05) is 24.7 Å². The van der Waals surface area contributed by atoms with Crippen LogP contribution >= 0.6 is 11.6 Å². The summed E-state index contributed by atoms with van der Waals surface area (Å²) in [5, 5.41) is 0. The molecule has 0 fully saturated rings. The molecule has 1 unspecified atom stereocenters. The highest BCUT2D eigenvalue weighted by Gasteiger charge is 2.23. The van der Waals surface area contributed by atoms with E-state index in [2.05, 4.69) is 13.8 Å². The Morgan fingerprint density at radius 1 is 1.00 bits per heavy atom. The van der Waals surface area contributed by atoms with Gasteiger partial charge in [0.25, 0.3) is 0 Å². The SMILES string of the molecule is CCCCCN(CCCCC)S(=O)(=O)CC(C)CCl.